The molecule has 4 heterocycles. The number of ketones is 1. The van der Waals surface area contributed by atoms with Gasteiger partial charge in [-0.1, -0.05) is 59.6 Å². The van der Waals surface area contributed by atoms with Gasteiger partial charge in [-0.15, -0.1) is 0 Å². The van der Waals surface area contributed by atoms with Crippen LogP contribution in [0.5, 0.6) is 5.88 Å². The highest BCUT2D eigenvalue weighted by molar-refractivity contribution is 6.38. The van der Waals surface area contributed by atoms with Crippen molar-refractivity contribution in [1.82, 2.24) is 25.2 Å². The van der Waals surface area contributed by atoms with Gasteiger partial charge in [-0.3, -0.25) is 14.7 Å². The molecule has 2 aliphatic rings. The van der Waals surface area contributed by atoms with Crippen molar-refractivity contribution in [2.75, 3.05) is 26.7 Å². The molecule has 4 aromatic rings. The number of likely N-dealkylation sites (tertiary alicyclic amines) is 1. The second kappa shape index (κ2) is 12.1. The first kappa shape index (κ1) is 28.7. The summed E-state index contributed by atoms with van der Waals surface area (Å²) in [6, 6.07) is 13.2. The van der Waals surface area contributed by atoms with Crippen LogP contribution in [-0.2, 0) is 25.9 Å². The van der Waals surface area contributed by atoms with Gasteiger partial charge in [0.25, 0.3) is 0 Å². The number of nitrogens with zero attached hydrogens (tertiary/aromatic N) is 4. The van der Waals surface area contributed by atoms with Crippen molar-refractivity contribution < 1.29 is 14.6 Å². The predicted molar refractivity (Wildman–Crippen MR) is 163 cm³/mol. The maximum absolute atomic E-state index is 13.3. The maximum atomic E-state index is 13.3. The smallest absolute Gasteiger partial charge is 0.237 e. The number of benzene rings is 2. The maximum Gasteiger partial charge on any atom is 0.237 e. The van der Waals surface area contributed by atoms with E-state index in [1.807, 2.05) is 49.4 Å². The number of aliphatic hydroxyl groups is 1. The van der Waals surface area contributed by atoms with Crippen molar-refractivity contribution in [3.8, 4) is 28.3 Å². The van der Waals surface area contributed by atoms with Gasteiger partial charge in [0, 0.05) is 49.3 Å². The molecule has 0 atom stereocenters. The third-order valence-corrected chi connectivity index (χ3v) is 8.73. The molecule has 2 aromatic carbocycles. The van der Waals surface area contributed by atoms with Gasteiger partial charge in [0.1, 0.15) is 11.4 Å². The number of aryl methyl sites for hydroxylation is 1. The SMILES string of the molecule is COc1nc(-c2cccc(-c3cccc(CC(=O)c4cc(C)c5c(n4)CNCC5)c3Cl)c2Cl)cnc1CN1CC(O)C1. The Kier molecular flexibility index (Phi) is 8.25. The minimum atomic E-state index is -0.296. The Morgan fingerprint density at radius 2 is 1.83 bits per heavy atom. The highest BCUT2D eigenvalue weighted by atomic mass is 35.5. The molecule has 2 aliphatic heterocycles. The normalized spacial score (nSPS) is 15.3. The van der Waals surface area contributed by atoms with Crippen molar-refractivity contribution in [2.24, 2.45) is 0 Å². The molecule has 2 N–H and O–H groups in total. The number of halogens is 2. The molecule has 1 saturated heterocycles. The van der Waals surface area contributed by atoms with Crippen molar-refractivity contribution in [3.05, 3.63) is 92.5 Å². The minimum absolute atomic E-state index is 0.0828. The van der Waals surface area contributed by atoms with E-state index in [9.17, 15) is 9.90 Å². The van der Waals surface area contributed by atoms with E-state index in [0.29, 0.717) is 70.3 Å². The molecule has 0 saturated carbocycles. The van der Waals surface area contributed by atoms with Crippen LogP contribution in [0.25, 0.3) is 22.4 Å². The number of pyridine rings is 1. The average molecular weight is 605 g/mol. The molecule has 0 aliphatic carbocycles. The Hall–Kier alpha value is -3.40. The van der Waals surface area contributed by atoms with E-state index in [1.165, 1.54) is 5.56 Å². The number of rotatable bonds is 8. The summed E-state index contributed by atoms with van der Waals surface area (Å²) >= 11 is 13.9. The predicted octanol–water partition coefficient (Wildman–Crippen LogP) is 5.08. The number of fused-ring (bicyclic) bond motifs is 1. The zero-order valence-corrected chi connectivity index (χ0v) is 25.0. The largest absolute Gasteiger partial charge is 0.480 e. The number of aliphatic hydroxyl groups excluding tert-OH is 1. The van der Waals surface area contributed by atoms with E-state index in [2.05, 4.69) is 20.2 Å². The molecule has 6 rings (SSSR count). The Morgan fingerprint density at radius 3 is 2.60 bits per heavy atom. The van der Waals surface area contributed by atoms with Crippen LogP contribution in [0.2, 0.25) is 10.0 Å². The lowest BCUT2D eigenvalue weighted by atomic mass is 9.96. The van der Waals surface area contributed by atoms with Gasteiger partial charge in [0.05, 0.1) is 40.8 Å². The highest BCUT2D eigenvalue weighted by Crippen LogP contribution is 2.40. The fourth-order valence-electron chi connectivity index (χ4n) is 5.62. The lowest BCUT2D eigenvalue weighted by Crippen LogP contribution is -2.50. The number of aromatic nitrogens is 3. The van der Waals surface area contributed by atoms with Gasteiger partial charge in [-0.05, 0) is 42.6 Å². The summed E-state index contributed by atoms with van der Waals surface area (Å²) in [7, 11) is 1.56. The number of β-amino-alcohol motifs (C(OH)–C–C–N with tert-alkyl or cyclic N) is 1. The molecule has 2 aromatic heterocycles. The van der Waals surface area contributed by atoms with Crippen molar-refractivity contribution in [2.45, 2.75) is 39.0 Å². The summed E-state index contributed by atoms with van der Waals surface area (Å²) in [4.78, 5) is 29.4. The van der Waals surface area contributed by atoms with Crippen LogP contribution >= 0.6 is 23.2 Å². The zero-order valence-electron chi connectivity index (χ0n) is 23.5. The summed E-state index contributed by atoms with van der Waals surface area (Å²) in [6.45, 7) is 5.38. The molecule has 8 nitrogen and oxygen atoms in total. The van der Waals surface area contributed by atoms with Crippen LogP contribution in [-0.4, -0.2) is 63.6 Å². The minimum Gasteiger partial charge on any atom is -0.480 e. The summed E-state index contributed by atoms with van der Waals surface area (Å²) in [6.07, 6.45) is 2.43. The third kappa shape index (κ3) is 5.65. The summed E-state index contributed by atoms with van der Waals surface area (Å²) < 4.78 is 5.54. The van der Waals surface area contributed by atoms with Crippen molar-refractivity contribution in [1.29, 1.82) is 0 Å². The van der Waals surface area contributed by atoms with E-state index in [4.69, 9.17) is 32.9 Å². The summed E-state index contributed by atoms with van der Waals surface area (Å²) in [5.41, 5.74) is 7.83. The molecular formula is C32H31Cl2N5O3. The van der Waals surface area contributed by atoms with Gasteiger partial charge in [-0.25, -0.2) is 9.97 Å². The molecule has 42 heavy (non-hydrogen) atoms. The van der Waals surface area contributed by atoms with Gasteiger partial charge in [0.15, 0.2) is 5.78 Å². The number of ether oxygens (including phenoxy) is 1. The molecule has 1 fully saturated rings. The van der Waals surface area contributed by atoms with Crippen LogP contribution in [0.15, 0.2) is 48.7 Å². The van der Waals surface area contributed by atoms with Gasteiger partial charge < -0.3 is 15.2 Å². The second-order valence-corrected chi connectivity index (χ2v) is 11.5. The fourth-order valence-corrected chi connectivity index (χ4v) is 6.24. The molecule has 216 valence electrons. The van der Waals surface area contributed by atoms with Crippen LogP contribution in [0, 0.1) is 6.92 Å². The molecule has 0 radical (unpaired) electrons. The van der Waals surface area contributed by atoms with Crippen LogP contribution in [0.3, 0.4) is 0 Å². The Bertz CT molecular complexity index is 1670. The fraction of sp³-hybridized carbons (Fsp3) is 0.312. The second-order valence-electron chi connectivity index (χ2n) is 10.8. The molecular weight excluding hydrogens is 573 g/mol. The Morgan fingerprint density at radius 1 is 1.10 bits per heavy atom. The Labute approximate surface area is 254 Å². The summed E-state index contributed by atoms with van der Waals surface area (Å²) in [5.74, 6) is 0.330. The highest BCUT2D eigenvalue weighted by Gasteiger charge is 2.26. The molecule has 0 spiro atoms. The molecule has 0 unspecified atom stereocenters. The first-order chi connectivity index (χ1) is 20.3. The van der Waals surface area contributed by atoms with Gasteiger partial charge in [-0.2, -0.15) is 0 Å². The quantitative estimate of drug-likeness (QED) is 0.269. The number of nitrogens with one attached hydrogen (secondary N) is 1. The van der Waals surface area contributed by atoms with E-state index < -0.39 is 0 Å². The Balaban J connectivity index is 1.28. The number of hydrogen-bond acceptors (Lipinski definition) is 8. The first-order valence-corrected chi connectivity index (χ1v) is 14.7. The number of methoxy groups -OCH3 is 1. The van der Waals surface area contributed by atoms with E-state index in [0.717, 1.165) is 35.3 Å². The van der Waals surface area contributed by atoms with Crippen LogP contribution in [0.4, 0.5) is 0 Å². The lowest BCUT2D eigenvalue weighted by molar-refractivity contribution is -0.00403. The first-order valence-electron chi connectivity index (χ1n) is 13.9. The number of carbonyl (C=O) groups excluding carboxylic acids is 1. The molecule has 0 amide bonds. The topological polar surface area (TPSA) is 100 Å². The van der Waals surface area contributed by atoms with Crippen molar-refractivity contribution in [3.63, 3.8) is 0 Å². The number of Topliss-reactive ketones (excluding diaryl/α,β-unsaturated/α-hetero) is 1. The van der Waals surface area contributed by atoms with E-state index in [-0.39, 0.29) is 18.3 Å². The average Bonchev–Trinajstić information content (AvgIpc) is 2.98. The standard InChI is InChI=1S/C32H31Cl2N5O3/c1-18-11-25(37-26-13-35-10-9-21(18)26)29(41)12-19-5-3-6-22(30(19)33)23-7-4-8-24(31(23)34)27-14-36-28(32(38-27)42-2)17-39-15-20(40)16-39/h3-8,11,14,20,35,40H,9-10,12-13,15-17H2,1-2H3. The lowest BCUT2D eigenvalue weighted by Gasteiger charge is -2.35. The summed E-state index contributed by atoms with van der Waals surface area (Å²) in [5, 5.41) is 13.9. The van der Waals surface area contributed by atoms with Gasteiger partial charge in [0.2, 0.25) is 5.88 Å². The van der Waals surface area contributed by atoms with E-state index in [1.54, 1.807) is 13.3 Å². The van der Waals surface area contributed by atoms with E-state index >= 15 is 0 Å². The molecule has 10 heteroatoms. The van der Waals surface area contributed by atoms with Crippen molar-refractivity contribution >= 4 is 29.0 Å². The van der Waals surface area contributed by atoms with Crippen LogP contribution < -0.4 is 10.1 Å². The van der Waals surface area contributed by atoms with Crippen LogP contribution in [0.1, 0.15) is 38.6 Å². The number of hydrogen-bond donors (Lipinski definition) is 2. The monoisotopic (exact) mass is 603 g/mol. The third-order valence-electron chi connectivity index (χ3n) is 7.87. The zero-order chi connectivity index (χ0) is 29.4. The van der Waals surface area contributed by atoms with Gasteiger partial charge >= 0.3 is 0 Å². The number of carbonyl (C=O) groups is 1. The molecule has 0 bridgehead atoms.